The minimum atomic E-state index is -0.451. The van der Waals surface area contributed by atoms with E-state index < -0.39 is 5.97 Å². The number of hydrogen-bond donors (Lipinski definition) is 1. The van der Waals surface area contributed by atoms with Gasteiger partial charge in [0.15, 0.2) is 0 Å². The molecule has 82 valence electrons. The first-order valence-electron chi connectivity index (χ1n) is 4.68. The normalized spacial score (nSPS) is 9.80. The molecule has 1 aromatic rings. The maximum atomic E-state index is 11.3. The van der Waals surface area contributed by atoms with E-state index >= 15 is 0 Å². The number of aryl methyl sites for hydroxylation is 1. The second kappa shape index (κ2) is 4.68. The van der Waals surface area contributed by atoms with Gasteiger partial charge in [0, 0.05) is 5.69 Å². The van der Waals surface area contributed by atoms with Crippen LogP contribution in [0.1, 0.15) is 22.8 Å². The molecule has 0 aliphatic heterocycles. The van der Waals surface area contributed by atoms with Crippen LogP contribution in [0.5, 0.6) is 5.75 Å². The van der Waals surface area contributed by atoms with Crippen LogP contribution in [-0.4, -0.2) is 20.2 Å². The molecule has 0 bridgehead atoms. The van der Waals surface area contributed by atoms with E-state index in [1.54, 1.807) is 19.2 Å². The zero-order chi connectivity index (χ0) is 11.4. The largest absolute Gasteiger partial charge is 0.496 e. The summed E-state index contributed by atoms with van der Waals surface area (Å²) in [5.41, 5.74) is 7.47. The summed E-state index contributed by atoms with van der Waals surface area (Å²) in [6.45, 7) is 2.00. The van der Waals surface area contributed by atoms with Crippen molar-refractivity contribution in [2.45, 2.75) is 13.3 Å². The first kappa shape index (κ1) is 11.4. The fourth-order valence-corrected chi connectivity index (χ4v) is 1.40. The predicted octanol–water partition coefficient (Wildman–Crippen LogP) is 1.63. The summed E-state index contributed by atoms with van der Waals surface area (Å²) < 4.78 is 9.78. The number of carbonyl (C=O) groups is 1. The van der Waals surface area contributed by atoms with Crippen LogP contribution in [0, 0.1) is 0 Å². The number of benzene rings is 1. The van der Waals surface area contributed by atoms with E-state index in [0.717, 1.165) is 12.0 Å². The van der Waals surface area contributed by atoms with Crippen LogP contribution in [-0.2, 0) is 11.2 Å². The Kier molecular flexibility index (Phi) is 3.55. The molecule has 0 aliphatic rings. The van der Waals surface area contributed by atoms with Gasteiger partial charge >= 0.3 is 5.97 Å². The van der Waals surface area contributed by atoms with Crippen molar-refractivity contribution in [3.63, 3.8) is 0 Å². The average Bonchev–Trinajstić information content (AvgIpc) is 2.27. The Hall–Kier alpha value is -1.71. The number of methoxy groups -OCH3 is 2. The molecule has 4 nitrogen and oxygen atoms in total. The molecule has 15 heavy (non-hydrogen) atoms. The lowest BCUT2D eigenvalue weighted by Gasteiger charge is -2.10. The smallest absolute Gasteiger partial charge is 0.340 e. The number of anilines is 1. The van der Waals surface area contributed by atoms with Gasteiger partial charge < -0.3 is 15.2 Å². The lowest BCUT2D eigenvalue weighted by molar-refractivity contribution is 0.0601. The van der Waals surface area contributed by atoms with E-state index in [0.29, 0.717) is 17.0 Å². The number of nitrogen functional groups attached to an aromatic ring is 1. The highest BCUT2D eigenvalue weighted by molar-refractivity contribution is 5.95. The second-order valence-corrected chi connectivity index (χ2v) is 3.10. The molecule has 0 amide bonds. The molecule has 0 atom stereocenters. The summed E-state index contributed by atoms with van der Waals surface area (Å²) in [5.74, 6) is 0.209. The molecule has 0 unspecified atom stereocenters. The van der Waals surface area contributed by atoms with Gasteiger partial charge in [0.05, 0.1) is 19.8 Å². The van der Waals surface area contributed by atoms with Gasteiger partial charge in [0.2, 0.25) is 0 Å². The summed E-state index contributed by atoms with van der Waals surface area (Å²) in [6.07, 6.45) is 0.800. The molecule has 0 spiro atoms. The first-order chi connectivity index (χ1) is 7.13. The number of ether oxygens (including phenoxy) is 2. The average molecular weight is 209 g/mol. The first-order valence-corrected chi connectivity index (χ1v) is 4.68. The summed E-state index contributed by atoms with van der Waals surface area (Å²) in [5, 5.41) is 0. The third kappa shape index (κ3) is 2.21. The topological polar surface area (TPSA) is 61.6 Å². The number of hydrogen-bond acceptors (Lipinski definition) is 4. The Bertz CT molecular complexity index is 374. The van der Waals surface area contributed by atoms with Crippen LogP contribution in [0.15, 0.2) is 12.1 Å². The molecular formula is C11H15NO3. The van der Waals surface area contributed by atoms with Gasteiger partial charge in [0.25, 0.3) is 0 Å². The van der Waals surface area contributed by atoms with Gasteiger partial charge in [-0.2, -0.15) is 0 Å². The molecule has 0 aromatic heterocycles. The van der Waals surface area contributed by atoms with Crippen molar-refractivity contribution in [1.82, 2.24) is 0 Å². The van der Waals surface area contributed by atoms with Gasteiger partial charge in [-0.05, 0) is 24.1 Å². The van der Waals surface area contributed by atoms with Crippen molar-refractivity contribution in [2.24, 2.45) is 0 Å². The number of nitrogens with two attached hydrogens (primary N) is 1. The standard InChI is InChI=1S/C11H15NO3/c1-4-7-5-9(12)8(11(13)15-3)6-10(7)14-2/h5-6H,4,12H2,1-3H3. The number of rotatable bonds is 3. The quantitative estimate of drug-likeness (QED) is 0.607. The SMILES string of the molecule is CCc1cc(N)c(C(=O)OC)cc1OC. The van der Waals surface area contributed by atoms with Crippen molar-refractivity contribution < 1.29 is 14.3 Å². The van der Waals surface area contributed by atoms with Crippen molar-refractivity contribution in [1.29, 1.82) is 0 Å². The van der Waals surface area contributed by atoms with E-state index in [1.165, 1.54) is 7.11 Å². The summed E-state index contributed by atoms with van der Waals surface area (Å²) >= 11 is 0. The van der Waals surface area contributed by atoms with Crippen LogP contribution >= 0.6 is 0 Å². The summed E-state index contributed by atoms with van der Waals surface area (Å²) in [7, 11) is 2.88. The van der Waals surface area contributed by atoms with Crippen LogP contribution in [0.4, 0.5) is 5.69 Å². The van der Waals surface area contributed by atoms with Gasteiger partial charge in [-0.25, -0.2) is 4.79 Å². The van der Waals surface area contributed by atoms with Gasteiger partial charge in [0.1, 0.15) is 5.75 Å². The fourth-order valence-electron chi connectivity index (χ4n) is 1.40. The number of carbonyl (C=O) groups excluding carboxylic acids is 1. The molecular weight excluding hydrogens is 194 g/mol. The van der Waals surface area contributed by atoms with E-state index in [2.05, 4.69) is 4.74 Å². The van der Waals surface area contributed by atoms with Crippen LogP contribution in [0.25, 0.3) is 0 Å². The minimum Gasteiger partial charge on any atom is -0.496 e. The number of esters is 1. The van der Waals surface area contributed by atoms with E-state index in [1.807, 2.05) is 6.92 Å². The fraction of sp³-hybridized carbons (Fsp3) is 0.364. The molecule has 0 fully saturated rings. The van der Waals surface area contributed by atoms with Gasteiger partial charge in [-0.1, -0.05) is 6.92 Å². The molecule has 0 heterocycles. The Balaban J connectivity index is 3.25. The van der Waals surface area contributed by atoms with Crippen LogP contribution < -0.4 is 10.5 Å². The molecule has 0 saturated carbocycles. The predicted molar refractivity (Wildman–Crippen MR) is 58.1 cm³/mol. The summed E-state index contributed by atoms with van der Waals surface area (Å²) in [4.78, 5) is 11.3. The Labute approximate surface area is 89.0 Å². The third-order valence-electron chi connectivity index (χ3n) is 2.24. The minimum absolute atomic E-state index is 0.339. The molecule has 0 radical (unpaired) electrons. The Morgan fingerprint density at radius 2 is 2.07 bits per heavy atom. The Morgan fingerprint density at radius 1 is 1.40 bits per heavy atom. The lowest BCUT2D eigenvalue weighted by Crippen LogP contribution is -2.07. The van der Waals surface area contributed by atoms with E-state index in [9.17, 15) is 4.79 Å². The molecule has 0 aliphatic carbocycles. The highest BCUT2D eigenvalue weighted by atomic mass is 16.5. The zero-order valence-electron chi connectivity index (χ0n) is 9.16. The van der Waals surface area contributed by atoms with Crippen molar-refractivity contribution >= 4 is 11.7 Å². The van der Waals surface area contributed by atoms with Gasteiger partial charge in [-0.3, -0.25) is 0 Å². The third-order valence-corrected chi connectivity index (χ3v) is 2.24. The highest BCUT2D eigenvalue weighted by Crippen LogP contribution is 2.26. The van der Waals surface area contributed by atoms with Gasteiger partial charge in [-0.15, -0.1) is 0 Å². The van der Waals surface area contributed by atoms with Crippen LogP contribution in [0.3, 0.4) is 0 Å². The van der Waals surface area contributed by atoms with Crippen molar-refractivity contribution in [3.8, 4) is 5.75 Å². The maximum Gasteiger partial charge on any atom is 0.340 e. The molecule has 1 rings (SSSR count). The maximum absolute atomic E-state index is 11.3. The zero-order valence-corrected chi connectivity index (χ0v) is 9.16. The second-order valence-electron chi connectivity index (χ2n) is 3.10. The molecule has 1 aromatic carbocycles. The van der Waals surface area contributed by atoms with Crippen LogP contribution in [0.2, 0.25) is 0 Å². The van der Waals surface area contributed by atoms with E-state index in [-0.39, 0.29) is 0 Å². The summed E-state index contributed by atoms with van der Waals surface area (Å²) in [6, 6.07) is 3.35. The molecule has 4 heteroatoms. The Morgan fingerprint density at radius 3 is 2.53 bits per heavy atom. The van der Waals surface area contributed by atoms with E-state index in [4.69, 9.17) is 10.5 Å². The monoisotopic (exact) mass is 209 g/mol. The van der Waals surface area contributed by atoms with Crippen molar-refractivity contribution in [3.05, 3.63) is 23.3 Å². The lowest BCUT2D eigenvalue weighted by atomic mass is 10.1. The molecule has 2 N–H and O–H groups in total. The highest BCUT2D eigenvalue weighted by Gasteiger charge is 2.13. The van der Waals surface area contributed by atoms with Crippen molar-refractivity contribution in [2.75, 3.05) is 20.0 Å². The molecule has 0 saturated heterocycles.